The van der Waals surface area contributed by atoms with Gasteiger partial charge in [-0.05, 0) is 50.1 Å². The number of aromatic nitrogens is 3. The molecular formula is C24H27N7O2. The summed E-state index contributed by atoms with van der Waals surface area (Å²) in [6.45, 7) is 5.35. The van der Waals surface area contributed by atoms with Gasteiger partial charge in [-0.1, -0.05) is 0 Å². The van der Waals surface area contributed by atoms with Crippen LogP contribution in [0.1, 0.15) is 26.7 Å². The summed E-state index contributed by atoms with van der Waals surface area (Å²) in [5.41, 5.74) is 5.72. The number of nitrogens with zero attached hydrogens (tertiary/aromatic N) is 4. The van der Waals surface area contributed by atoms with Crippen molar-refractivity contribution >= 4 is 28.6 Å². The Morgan fingerprint density at radius 1 is 1.33 bits per heavy atom. The molecule has 3 aromatic rings. The van der Waals surface area contributed by atoms with Crippen molar-refractivity contribution in [3.63, 3.8) is 0 Å². The molecule has 5 rings (SSSR count). The Morgan fingerprint density at radius 3 is 3.06 bits per heavy atom. The van der Waals surface area contributed by atoms with Gasteiger partial charge in [0.1, 0.15) is 6.61 Å². The van der Waals surface area contributed by atoms with E-state index >= 15 is 0 Å². The highest BCUT2D eigenvalue weighted by molar-refractivity contribution is 5.91. The van der Waals surface area contributed by atoms with E-state index in [9.17, 15) is 4.79 Å². The topological polar surface area (TPSA) is 108 Å². The van der Waals surface area contributed by atoms with Gasteiger partial charge in [-0.3, -0.25) is 4.79 Å². The highest BCUT2D eigenvalue weighted by Gasteiger charge is 2.31. The normalized spacial score (nSPS) is 18.5. The zero-order valence-corrected chi connectivity index (χ0v) is 18.8. The third-order valence-corrected chi connectivity index (χ3v) is 5.92. The number of allylic oxidation sites excluding steroid dienone is 2. The van der Waals surface area contributed by atoms with E-state index in [4.69, 9.17) is 15.1 Å². The van der Waals surface area contributed by atoms with Crippen molar-refractivity contribution < 1.29 is 9.53 Å². The van der Waals surface area contributed by atoms with Crippen LogP contribution in [0.5, 0.6) is 5.88 Å². The summed E-state index contributed by atoms with van der Waals surface area (Å²) < 4.78 is 7.74. The highest BCUT2D eigenvalue weighted by atomic mass is 16.5. The van der Waals surface area contributed by atoms with Crippen LogP contribution in [0.15, 0.2) is 48.4 Å². The van der Waals surface area contributed by atoms with Gasteiger partial charge in [0.05, 0.1) is 12.2 Å². The lowest BCUT2D eigenvalue weighted by atomic mass is 10.1. The Labute approximate surface area is 192 Å². The van der Waals surface area contributed by atoms with Crippen LogP contribution < -0.4 is 15.4 Å². The summed E-state index contributed by atoms with van der Waals surface area (Å²) in [7, 11) is 0. The van der Waals surface area contributed by atoms with Gasteiger partial charge in [-0.15, -0.1) is 0 Å². The molecule has 33 heavy (non-hydrogen) atoms. The molecule has 1 amide bonds. The lowest BCUT2D eigenvalue weighted by Gasteiger charge is -2.25. The van der Waals surface area contributed by atoms with Crippen LogP contribution in [0.2, 0.25) is 0 Å². The summed E-state index contributed by atoms with van der Waals surface area (Å²) in [5, 5.41) is 19.0. The van der Waals surface area contributed by atoms with Gasteiger partial charge in [0, 0.05) is 60.1 Å². The van der Waals surface area contributed by atoms with E-state index in [0.717, 1.165) is 34.6 Å². The van der Waals surface area contributed by atoms with E-state index < -0.39 is 0 Å². The number of carbonyl (C=O) groups is 1. The highest BCUT2D eigenvalue weighted by Crippen LogP contribution is 2.31. The van der Waals surface area contributed by atoms with Crippen LogP contribution in [0, 0.1) is 5.41 Å². The molecule has 4 bridgehead atoms. The predicted octanol–water partition coefficient (Wildman–Crippen LogP) is 3.55. The van der Waals surface area contributed by atoms with Crippen molar-refractivity contribution in [2.45, 2.75) is 32.7 Å². The number of amides is 1. The van der Waals surface area contributed by atoms with Crippen molar-refractivity contribution in [2.24, 2.45) is 0 Å². The molecule has 1 aromatic carbocycles. The molecule has 2 aliphatic rings. The number of anilines is 2. The SMILES string of the molecule is CC(=N)/C=C(/C)Nc1cc2cc(c1)-c1cnn3ccc(nc13)OCC1CCC(=O)N1CCN2. The minimum atomic E-state index is 0.0466. The third-order valence-electron chi connectivity index (χ3n) is 5.92. The predicted molar refractivity (Wildman–Crippen MR) is 128 cm³/mol. The van der Waals surface area contributed by atoms with Crippen molar-refractivity contribution in [1.82, 2.24) is 19.5 Å². The maximum Gasteiger partial charge on any atom is 0.223 e. The Kier molecular flexibility index (Phi) is 5.45. The first-order valence-electron chi connectivity index (χ1n) is 11.1. The number of fused-ring (bicyclic) bond motifs is 5. The molecule has 0 spiro atoms. The molecule has 9 nitrogen and oxygen atoms in total. The van der Waals surface area contributed by atoms with Crippen LogP contribution in [0.25, 0.3) is 16.8 Å². The first kappa shape index (κ1) is 21.0. The molecule has 0 aliphatic carbocycles. The Hall–Kier alpha value is -3.88. The van der Waals surface area contributed by atoms with Crippen LogP contribution >= 0.6 is 0 Å². The van der Waals surface area contributed by atoms with Crippen molar-refractivity contribution in [3.8, 4) is 17.0 Å². The zero-order valence-electron chi connectivity index (χ0n) is 18.8. The van der Waals surface area contributed by atoms with E-state index in [1.165, 1.54) is 0 Å². The number of benzene rings is 1. The molecular weight excluding hydrogens is 418 g/mol. The fourth-order valence-electron chi connectivity index (χ4n) is 4.46. The van der Waals surface area contributed by atoms with Gasteiger partial charge in [0.25, 0.3) is 0 Å². The Bertz CT molecular complexity index is 1260. The van der Waals surface area contributed by atoms with Gasteiger partial charge in [0.2, 0.25) is 11.8 Å². The van der Waals surface area contributed by atoms with Crippen LogP contribution in [0.3, 0.4) is 0 Å². The van der Waals surface area contributed by atoms with E-state index in [0.29, 0.717) is 43.4 Å². The molecule has 3 N–H and O–H groups in total. The van der Waals surface area contributed by atoms with Crippen LogP contribution in [0.4, 0.5) is 11.4 Å². The minimum absolute atomic E-state index is 0.0466. The lowest BCUT2D eigenvalue weighted by Crippen LogP contribution is -2.40. The second kappa shape index (κ2) is 8.57. The molecule has 2 aromatic heterocycles. The molecule has 4 heterocycles. The van der Waals surface area contributed by atoms with Gasteiger partial charge in [-0.2, -0.15) is 10.1 Å². The van der Waals surface area contributed by atoms with E-state index in [1.54, 1.807) is 23.6 Å². The van der Waals surface area contributed by atoms with Crippen LogP contribution in [-0.4, -0.2) is 56.9 Å². The number of ether oxygens (including phenoxy) is 1. The summed E-state index contributed by atoms with van der Waals surface area (Å²) >= 11 is 0. The summed E-state index contributed by atoms with van der Waals surface area (Å²) in [5.74, 6) is 0.686. The standard InChI is InChI=1S/C24H27N7O2/c1-15(25)9-16(2)28-19-11-17-10-18(12-19)26-6-8-30-20(3-4-23(30)32)14-33-22-5-7-31-24(29-22)21(17)13-27-31/h5,7,9-13,20,25-26,28H,3-4,6,8,14H2,1-2H3/b16-9-,25-15?. The van der Waals surface area contributed by atoms with Gasteiger partial charge in [0.15, 0.2) is 5.65 Å². The lowest BCUT2D eigenvalue weighted by molar-refractivity contribution is -0.129. The van der Waals surface area contributed by atoms with Crippen molar-refractivity contribution in [3.05, 3.63) is 48.4 Å². The minimum Gasteiger partial charge on any atom is -0.475 e. The average Bonchev–Trinajstić information content (AvgIpc) is 3.34. The van der Waals surface area contributed by atoms with E-state index in [2.05, 4.69) is 21.8 Å². The molecule has 1 fully saturated rings. The quantitative estimate of drug-likeness (QED) is 0.532. The summed E-state index contributed by atoms with van der Waals surface area (Å²) in [6.07, 6.45) is 6.77. The summed E-state index contributed by atoms with van der Waals surface area (Å²) in [6, 6.07) is 7.98. The third kappa shape index (κ3) is 4.39. The first-order valence-corrected chi connectivity index (χ1v) is 11.1. The smallest absolute Gasteiger partial charge is 0.223 e. The Balaban J connectivity index is 1.58. The summed E-state index contributed by atoms with van der Waals surface area (Å²) in [4.78, 5) is 19.1. The Morgan fingerprint density at radius 2 is 2.21 bits per heavy atom. The number of nitrogens with one attached hydrogen (secondary N) is 3. The molecule has 2 aliphatic heterocycles. The number of hydrogen-bond donors (Lipinski definition) is 3. The average molecular weight is 446 g/mol. The molecule has 170 valence electrons. The molecule has 9 heteroatoms. The van der Waals surface area contributed by atoms with Crippen LogP contribution in [-0.2, 0) is 4.79 Å². The number of hydrogen-bond acceptors (Lipinski definition) is 7. The van der Waals surface area contributed by atoms with Crippen molar-refractivity contribution in [1.29, 1.82) is 5.41 Å². The second-order valence-electron chi connectivity index (χ2n) is 8.54. The fraction of sp³-hybridized carbons (Fsp3) is 0.333. The van der Waals surface area contributed by atoms with Gasteiger partial charge >= 0.3 is 0 Å². The van der Waals surface area contributed by atoms with Crippen molar-refractivity contribution in [2.75, 3.05) is 30.3 Å². The second-order valence-corrected chi connectivity index (χ2v) is 8.54. The number of carbonyl (C=O) groups excluding carboxylic acids is 1. The maximum absolute atomic E-state index is 12.4. The zero-order chi connectivity index (χ0) is 22.9. The fourth-order valence-corrected chi connectivity index (χ4v) is 4.46. The van der Waals surface area contributed by atoms with E-state index in [-0.39, 0.29) is 11.9 Å². The van der Waals surface area contributed by atoms with Gasteiger partial charge < -0.3 is 25.7 Å². The monoisotopic (exact) mass is 445 g/mol. The molecule has 1 saturated heterocycles. The molecule has 0 radical (unpaired) electrons. The first-order chi connectivity index (χ1) is 16.0. The maximum atomic E-state index is 12.4. The van der Waals surface area contributed by atoms with E-state index in [1.807, 2.05) is 36.4 Å². The molecule has 1 unspecified atom stereocenters. The largest absolute Gasteiger partial charge is 0.475 e. The molecule has 1 atom stereocenters. The molecule has 0 saturated carbocycles. The number of rotatable bonds is 3. The van der Waals surface area contributed by atoms with Gasteiger partial charge in [-0.25, -0.2) is 4.52 Å².